The van der Waals surface area contributed by atoms with Crippen molar-refractivity contribution in [2.45, 2.75) is 31.3 Å². The molecule has 0 aliphatic rings. The summed E-state index contributed by atoms with van der Waals surface area (Å²) in [6.45, 7) is 3.33. The maximum Gasteiger partial charge on any atom is 0.338 e. The summed E-state index contributed by atoms with van der Waals surface area (Å²) in [4.78, 5) is 34.0. The van der Waals surface area contributed by atoms with Crippen LogP contribution in [0.3, 0.4) is 0 Å². The Morgan fingerprint density at radius 1 is 1.29 bits per heavy atom. The molecule has 0 bridgehead atoms. The predicted molar refractivity (Wildman–Crippen MR) is 84.5 cm³/mol. The molecular formula is C14H19N3O6S. The highest BCUT2D eigenvalue weighted by atomic mass is 32.2. The van der Waals surface area contributed by atoms with E-state index in [9.17, 15) is 22.8 Å². The molecule has 1 aromatic rings. The monoisotopic (exact) mass is 357 g/mol. The van der Waals surface area contributed by atoms with Gasteiger partial charge < -0.3 is 10.5 Å². The maximum absolute atomic E-state index is 12.0. The zero-order valence-electron chi connectivity index (χ0n) is 13.2. The van der Waals surface area contributed by atoms with E-state index in [1.807, 2.05) is 6.92 Å². The molecule has 10 heteroatoms. The van der Waals surface area contributed by atoms with Gasteiger partial charge in [0.1, 0.15) is 0 Å². The van der Waals surface area contributed by atoms with Crippen molar-refractivity contribution in [2.24, 2.45) is 5.73 Å². The Hall–Kier alpha value is -2.46. The smallest absolute Gasteiger partial charge is 0.338 e. The molecule has 0 fully saturated rings. The average molecular weight is 357 g/mol. The fraction of sp³-hybridized carbons (Fsp3) is 0.357. The van der Waals surface area contributed by atoms with Crippen LogP contribution in [0, 0.1) is 0 Å². The van der Waals surface area contributed by atoms with Crippen molar-refractivity contribution in [3.63, 3.8) is 0 Å². The summed E-state index contributed by atoms with van der Waals surface area (Å²) in [7, 11) is -3.74. The second-order valence-corrected chi connectivity index (χ2v) is 6.59. The van der Waals surface area contributed by atoms with E-state index < -0.39 is 34.0 Å². The van der Waals surface area contributed by atoms with E-state index in [4.69, 9.17) is 10.5 Å². The van der Waals surface area contributed by atoms with Gasteiger partial charge in [0.15, 0.2) is 6.10 Å². The van der Waals surface area contributed by atoms with Crippen LogP contribution in [-0.4, -0.2) is 39.0 Å². The van der Waals surface area contributed by atoms with Gasteiger partial charge in [-0.3, -0.25) is 10.1 Å². The lowest BCUT2D eigenvalue weighted by Gasteiger charge is -2.12. The van der Waals surface area contributed by atoms with Crippen molar-refractivity contribution in [2.75, 3.05) is 6.54 Å². The second-order valence-electron chi connectivity index (χ2n) is 4.83. The third-order valence-electron chi connectivity index (χ3n) is 2.82. The van der Waals surface area contributed by atoms with E-state index in [1.54, 1.807) is 5.32 Å². The zero-order chi connectivity index (χ0) is 18.3. The Morgan fingerprint density at radius 3 is 2.54 bits per heavy atom. The number of sulfonamides is 1. The number of nitrogens with two attached hydrogens (primary N) is 1. The summed E-state index contributed by atoms with van der Waals surface area (Å²) in [6, 6.07) is 4.13. The number of urea groups is 1. The number of amides is 3. The van der Waals surface area contributed by atoms with Crippen molar-refractivity contribution in [3.05, 3.63) is 29.8 Å². The normalized spacial score (nSPS) is 12.2. The van der Waals surface area contributed by atoms with Crippen LogP contribution >= 0.6 is 0 Å². The SMILES string of the molecule is CCCNS(=O)(=O)c1cccc(C(=O)O[C@H](C)C(=O)NC(N)=O)c1. The fourth-order valence-corrected chi connectivity index (χ4v) is 2.79. The Morgan fingerprint density at radius 2 is 1.96 bits per heavy atom. The van der Waals surface area contributed by atoms with E-state index in [0.29, 0.717) is 6.42 Å². The van der Waals surface area contributed by atoms with Gasteiger partial charge in [-0.25, -0.2) is 22.7 Å². The summed E-state index contributed by atoms with van der Waals surface area (Å²) in [5.41, 5.74) is 4.75. The lowest BCUT2D eigenvalue weighted by Crippen LogP contribution is -2.42. The topological polar surface area (TPSA) is 145 Å². The van der Waals surface area contributed by atoms with Crippen LogP contribution in [0.1, 0.15) is 30.6 Å². The second kappa shape index (κ2) is 8.41. The summed E-state index contributed by atoms with van der Waals surface area (Å²) in [5, 5.41) is 1.77. The van der Waals surface area contributed by atoms with Crippen LogP contribution in [0.4, 0.5) is 4.79 Å². The first-order valence-electron chi connectivity index (χ1n) is 7.08. The van der Waals surface area contributed by atoms with Crippen molar-refractivity contribution >= 4 is 27.9 Å². The van der Waals surface area contributed by atoms with Gasteiger partial charge in [0.2, 0.25) is 10.0 Å². The van der Waals surface area contributed by atoms with Gasteiger partial charge in [-0.15, -0.1) is 0 Å². The first-order valence-corrected chi connectivity index (χ1v) is 8.56. The van der Waals surface area contributed by atoms with E-state index in [1.165, 1.54) is 25.1 Å². The minimum absolute atomic E-state index is 0.0481. The molecule has 0 aromatic heterocycles. The van der Waals surface area contributed by atoms with Crippen LogP contribution in [0.2, 0.25) is 0 Å². The molecule has 0 saturated heterocycles. The molecule has 9 nitrogen and oxygen atoms in total. The number of rotatable bonds is 7. The summed E-state index contributed by atoms with van der Waals surface area (Å²) in [5.74, 6) is -1.79. The molecule has 0 radical (unpaired) electrons. The maximum atomic E-state index is 12.0. The molecule has 0 aliphatic heterocycles. The number of nitrogens with one attached hydrogen (secondary N) is 2. The van der Waals surface area contributed by atoms with Crippen LogP contribution in [0.25, 0.3) is 0 Å². The molecule has 0 heterocycles. The Labute approximate surface area is 139 Å². The molecule has 0 saturated carbocycles. The standard InChI is InChI=1S/C14H19N3O6S/c1-3-7-16-24(21,22)11-6-4-5-10(8-11)13(19)23-9(2)12(18)17-14(15)20/h4-6,8-9,16H,3,7H2,1-2H3,(H3,15,17,18,20)/t9-/m1/s1. The van der Waals surface area contributed by atoms with Gasteiger partial charge >= 0.3 is 12.0 Å². The van der Waals surface area contributed by atoms with Crippen LogP contribution in [0.15, 0.2) is 29.2 Å². The number of esters is 1. The predicted octanol–water partition coefficient (Wildman–Crippen LogP) is 0.115. The van der Waals surface area contributed by atoms with E-state index in [0.717, 1.165) is 6.07 Å². The average Bonchev–Trinajstić information content (AvgIpc) is 2.52. The number of primary amides is 1. The van der Waals surface area contributed by atoms with E-state index >= 15 is 0 Å². The van der Waals surface area contributed by atoms with Crippen LogP contribution in [-0.2, 0) is 19.6 Å². The van der Waals surface area contributed by atoms with E-state index in [2.05, 4.69) is 4.72 Å². The first-order chi connectivity index (χ1) is 11.2. The van der Waals surface area contributed by atoms with Gasteiger partial charge in [0.05, 0.1) is 10.5 Å². The quantitative estimate of drug-likeness (QED) is 0.591. The minimum Gasteiger partial charge on any atom is -0.449 e. The Bertz CT molecular complexity index is 732. The molecule has 0 unspecified atom stereocenters. The van der Waals surface area contributed by atoms with Gasteiger partial charge in [0.25, 0.3) is 5.91 Å². The fourth-order valence-electron chi connectivity index (χ4n) is 1.62. The van der Waals surface area contributed by atoms with Crippen molar-refractivity contribution in [1.82, 2.24) is 10.0 Å². The summed E-state index contributed by atoms with van der Waals surface area (Å²) >= 11 is 0. The Kier molecular flexibility index (Phi) is 6.86. The zero-order valence-corrected chi connectivity index (χ0v) is 14.1. The molecule has 0 spiro atoms. The van der Waals surface area contributed by atoms with E-state index in [-0.39, 0.29) is 17.0 Å². The first kappa shape index (κ1) is 19.6. The van der Waals surface area contributed by atoms with Crippen molar-refractivity contribution in [1.29, 1.82) is 0 Å². The summed E-state index contributed by atoms with van der Waals surface area (Å²) < 4.78 is 31.3. The molecule has 0 aliphatic carbocycles. The molecule has 1 atom stereocenters. The van der Waals surface area contributed by atoms with Crippen molar-refractivity contribution < 1.29 is 27.5 Å². The molecule has 132 valence electrons. The minimum atomic E-state index is -3.74. The molecule has 4 N–H and O–H groups in total. The Balaban J connectivity index is 2.88. The van der Waals surface area contributed by atoms with Crippen LogP contribution < -0.4 is 15.8 Å². The number of ether oxygens (including phenoxy) is 1. The molecule has 24 heavy (non-hydrogen) atoms. The number of benzene rings is 1. The largest absolute Gasteiger partial charge is 0.449 e. The van der Waals surface area contributed by atoms with Gasteiger partial charge in [-0.05, 0) is 31.5 Å². The number of hydrogen-bond acceptors (Lipinski definition) is 6. The van der Waals surface area contributed by atoms with Gasteiger partial charge in [-0.1, -0.05) is 13.0 Å². The molecule has 3 amide bonds. The lowest BCUT2D eigenvalue weighted by molar-refractivity contribution is -0.127. The number of carbonyl (C=O) groups excluding carboxylic acids is 3. The van der Waals surface area contributed by atoms with Gasteiger partial charge in [0, 0.05) is 6.54 Å². The molecule has 1 rings (SSSR count). The highest BCUT2D eigenvalue weighted by Gasteiger charge is 2.21. The molecular weight excluding hydrogens is 338 g/mol. The molecule has 1 aromatic carbocycles. The summed E-state index contributed by atoms with van der Waals surface area (Å²) in [6.07, 6.45) is -0.656. The number of hydrogen-bond donors (Lipinski definition) is 3. The van der Waals surface area contributed by atoms with Gasteiger partial charge in [-0.2, -0.15) is 0 Å². The third kappa shape index (κ3) is 5.63. The van der Waals surface area contributed by atoms with Crippen LogP contribution in [0.5, 0.6) is 0 Å². The third-order valence-corrected chi connectivity index (χ3v) is 4.28. The highest BCUT2D eigenvalue weighted by Crippen LogP contribution is 2.13. The number of imide groups is 1. The number of carbonyl (C=O) groups is 3. The highest BCUT2D eigenvalue weighted by molar-refractivity contribution is 7.89. The lowest BCUT2D eigenvalue weighted by atomic mass is 10.2. The van der Waals surface area contributed by atoms with Crippen molar-refractivity contribution in [3.8, 4) is 0 Å².